The van der Waals surface area contributed by atoms with Crippen LogP contribution in [0.3, 0.4) is 0 Å². The summed E-state index contributed by atoms with van der Waals surface area (Å²) in [6.45, 7) is 0. The number of ether oxygens (including phenoxy) is 2. The molecule has 0 bridgehead atoms. The lowest BCUT2D eigenvalue weighted by Crippen LogP contribution is -2.47. The van der Waals surface area contributed by atoms with Crippen LogP contribution >= 0.6 is 0 Å². The molecule has 7 nitrogen and oxygen atoms in total. The van der Waals surface area contributed by atoms with E-state index < -0.39 is 34.8 Å². The van der Waals surface area contributed by atoms with Gasteiger partial charge in [-0.25, -0.2) is 4.79 Å². The van der Waals surface area contributed by atoms with Crippen LogP contribution in [-0.2, 0) is 15.1 Å². The Morgan fingerprint density at radius 1 is 0.926 bits per heavy atom. The number of carbonyl (C=O) groups excluding carboxylic acids is 2. The Morgan fingerprint density at radius 2 is 1.67 bits per heavy atom. The highest BCUT2D eigenvalue weighted by Gasteiger charge is 2.62. The lowest BCUT2D eigenvalue weighted by Gasteiger charge is -2.42. The summed E-state index contributed by atoms with van der Waals surface area (Å²) < 4.78 is 11.4. The molecule has 5 rings (SSSR count). The molecule has 3 N–H and O–H groups in total. The molecular weight excluding hydrogens is 352 g/mol. The lowest BCUT2D eigenvalue weighted by atomic mass is 9.69. The minimum absolute atomic E-state index is 0.0534. The van der Waals surface area contributed by atoms with E-state index in [1.807, 2.05) is 0 Å². The number of aliphatic hydroxyl groups excluding tert-OH is 2. The molecule has 2 aliphatic heterocycles. The summed E-state index contributed by atoms with van der Waals surface area (Å²) in [5.41, 5.74) is -0.648. The number of aliphatic hydroxyl groups is 2. The first-order valence-electron chi connectivity index (χ1n) is 8.16. The molecule has 27 heavy (non-hydrogen) atoms. The molecule has 0 amide bonds. The zero-order valence-electron chi connectivity index (χ0n) is 13.7. The van der Waals surface area contributed by atoms with E-state index in [9.17, 15) is 24.9 Å². The molecule has 0 radical (unpaired) electrons. The maximum Gasteiger partial charge on any atom is 0.339 e. The topological polar surface area (TPSA) is 113 Å². The van der Waals surface area contributed by atoms with Gasteiger partial charge in [-0.05, 0) is 12.1 Å². The minimum atomic E-state index is -1.63. The summed E-state index contributed by atoms with van der Waals surface area (Å²) in [5, 5.41) is 30.5. The quantitative estimate of drug-likeness (QED) is 0.616. The van der Waals surface area contributed by atoms with Gasteiger partial charge in [-0.15, -0.1) is 0 Å². The number of carbonyl (C=O) groups is 2. The molecule has 0 saturated carbocycles. The molecule has 3 aliphatic rings. The number of aromatic hydroxyl groups is 1. The third-order valence-electron chi connectivity index (χ3n) is 5.12. The Balaban J connectivity index is 1.92. The van der Waals surface area contributed by atoms with Crippen LogP contribution < -0.4 is 4.74 Å². The van der Waals surface area contributed by atoms with E-state index in [0.717, 1.165) is 6.08 Å². The molecular formula is C20H12O7. The summed E-state index contributed by atoms with van der Waals surface area (Å²) in [4.78, 5) is 25.4. The Labute approximate surface area is 152 Å². The molecule has 2 heterocycles. The van der Waals surface area contributed by atoms with E-state index in [1.165, 1.54) is 6.07 Å². The lowest BCUT2D eigenvalue weighted by molar-refractivity contribution is -0.126. The maximum atomic E-state index is 12.8. The smallest absolute Gasteiger partial charge is 0.339 e. The van der Waals surface area contributed by atoms with E-state index in [2.05, 4.69) is 0 Å². The molecule has 0 saturated heterocycles. The average molecular weight is 364 g/mol. The van der Waals surface area contributed by atoms with Gasteiger partial charge in [0.05, 0.1) is 5.56 Å². The van der Waals surface area contributed by atoms with Crippen molar-refractivity contribution in [1.29, 1.82) is 0 Å². The number of hydrogen-bond acceptors (Lipinski definition) is 7. The number of phenolic OH excluding ortho intramolecular Hbond substituents is 1. The number of ketones is 1. The van der Waals surface area contributed by atoms with Gasteiger partial charge in [0, 0.05) is 17.2 Å². The molecule has 1 aliphatic carbocycles. The van der Waals surface area contributed by atoms with Gasteiger partial charge in [0.25, 0.3) is 0 Å². The number of phenols is 1. The molecule has 134 valence electrons. The van der Waals surface area contributed by atoms with E-state index in [4.69, 9.17) is 9.47 Å². The largest absolute Gasteiger partial charge is 0.504 e. The fourth-order valence-electron chi connectivity index (χ4n) is 4.02. The highest BCUT2D eigenvalue weighted by molar-refractivity contribution is 6.02. The van der Waals surface area contributed by atoms with Crippen molar-refractivity contribution in [2.45, 2.75) is 5.60 Å². The zero-order chi connectivity index (χ0) is 18.9. The number of benzene rings is 2. The van der Waals surface area contributed by atoms with Gasteiger partial charge in [-0.3, -0.25) is 4.79 Å². The molecule has 2 aromatic rings. The summed E-state index contributed by atoms with van der Waals surface area (Å²) in [7, 11) is 0. The monoisotopic (exact) mass is 364 g/mol. The van der Waals surface area contributed by atoms with Crippen molar-refractivity contribution < 1.29 is 34.4 Å². The van der Waals surface area contributed by atoms with Crippen molar-refractivity contribution in [1.82, 2.24) is 0 Å². The summed E-state index contributed by atoms with van der Waals surface area (Å²) in [5.74, 6) is -4.36. The third-order valence-corrected chi connectivity index (χ3v) is 5.12. The first-order valence-corrected chi connectivity index (χ1v) is 8.16. The van der Waals surface area contributed by atoms with Crippen molar-refractivity contribution in [2.24, 2.45) is 5.92 Å². The highest BCUT2D eigenvalue weighted by atomic mass is 16.6. The summed E-state index contributed by atoms with van der Waals surface area (Å²) in [6, 6.07) is 11.1. The van der Waals surface area contributed by atoms with E-state index in [1.54, 1.807) is 36.4 Å². The molecule has 2 unspecified atom stereocenters. The Kier molecular flexibility index (Phi) is 2.82. The second kappa shape index (κ2) is 4.91. The Morgan fingerprint density at radius 3 is 2.48 bits per heavy atom. The van der Waals surface area contributed by atoms with Crippen molar-refractivity contribution in [3.8, 4) is 11.5 Å². The van der Waals surface area contributed by atoms with E-state index in [-0.39, 0.29) is 28.4 Å². The number of para-hydroxylation sites is 1. The fraction of sp³-hybridized carbons (Fsp3) is 0.100. The maximum absolute atomic E-state index is 12.8. The van der Waals surface area contributed by atoms with Gasteiger partial charge in [-0.1, -0.05) is 30.3 Å². The molecule has 0 aromatic heterocycles. The predicted octanol–water partition coefficient (Wildman–Crippen LogP) is 2.61. The van der Waals surface area contributed by atoms with Crippen LogP contribution in [-0.4, -0.2) is 27.1 Å². The van der Waals surface area contributed by atoms with Crippen LogP contribution in [0.1, 0.15) is 21.5 Å². The number of hydrogen-bond donors (Lipinski definition) is 3. The Bertz CT molecular complexity index is 1110. The first-order chi connectivity index (χ1) is 12.9. The standard InChI is InChI=1S/C20H12O7/c21-12-7-3-6-11-17(12)26-18-15(13(22)8-14(23)16(18)24)20(11)10-5-2-1-4-9(10)19(25)27-20/h1-8,15,21,23-24H. The minimum Gasteiger partial charge on any atom is -0.504 e. The zero-order valence-corrected chi connectivity index (χ0v) is 13.7. The molecule has 1 spiro atoms. The van der Waals surface area contributed by atoms with Gasteiger partial charge in [-0.2, -0.15) is 0 Å². The fourth-order valence-corrected chi connectivity index (χ4v) is 4.02. The highest BCUT2D eigenvalue weighted by Crippen LogP contribution is 2.58. The first kappa shape index (κ1) is 15.5. The molecule has 0 fully saturated rings. The average Bonchev–Trinajstić information content (AvgIpc) is 2.94. The van der Waals surface area contributed by atoms with Crippen LogP contribution in [0.4, 0.5) is 0 Å². The Hall–Kier alpha value is -3.74. The second-order valence-electron chi connectivity index (χ2n) is 6.50. The van der Waals surface area contributed by atoms with Crippen LogP contribution in [0, 0.1) is 5.92 Å². The van der Waals surface area contributed by atoms with Crippen molar-refractivity contribution in [2.75, 3.05) is 0 Å². The number of esters is 1. The molecule has 2 aromatic carbocycles. The normalized spacial score (nSPS) is 25.3. The number of rotatable bonds is 0. The van der Waals surface area contributed by atoms with Gasteiger partial charge < -0.3 is 24.8 Å². The number of fused-ring (bicyclic) bond motifs is 6. The van der Waals surface area contributed by atoms with Crippen LogP contribution in [0.5, 0.6) is 11.5 Å². The van der Waals surface area contributed by atoms with Crippen molar-refractivity contribution >= 4 is 11.8 Å². The van der Waals surface area contributed by atoms with Gasteiger partial charge in [0.2, 0.25) is 0 Å². The molecule has 2 atom stereocenters. The summed E-state index contributed by atoms with van der Waals surface area (Å²) in [6.07, 6.45) is 0.872. The van der Waals surface area contributed by atoms with Gasteiger partial charge >= 0.3 is 5.97 Å². The van der Waals surface area contributed by atoms with Crippen molar-refractivity contribution in [3.63, 3.8) is 0 Å². The number of allylic oxidation sites excluding steroid dienone is 1. The second-order valence-corrected chi connectivity index (χ2v) is 6.50. The predicted molar refractivity (Wildman–Crippen MR) is 90.2 cm³/mol. The van der Waals surface area contributed by atoms with Gasteiger partial charge in [0.1, 0.15) is 5.92 Å². The summed E-state index contributed by atoms with van der Waals surface area (Å²) >= 11 is 0. The van der Waals surface area contributed by atoms with E-state index >= 15 is 0 Å². The van der Waals surface area contributed by atoms with E-state index in [0.29, 0.717) is 5.56 Å². The van der Waals surface area contributed by atoms with Crippen LogP contribution in [0.15, 0.2) is 65.8 Å². The SMILES string of the molecule is O=C1OC2(c3ccccc31)c1cccc(O)c1OC1=C(O)C(O)=CC(=O)C12. The third kappa shape index (κ3) is 1.75. The molecule has 7 heteroatoms. The van der Waals surface area contributed by atoms with Gasteiger partial charge in [0.15, 0.2) is 40.2 Å². The van der Waals surface area contributed by atoms with Crippen LogP contribution in [0.2, 0.25) is 0 Å². The van der Waals surface area contributed by atoms with Crippen molar-refractivity contribution in [3.05, 3.63) is 82.5 Å². The van der Waals surface area contributed by atoms with Crippen LogP contribution in [0.25, 0.3) is 0 Å².